The molecule has 0 unspecified atom stereocenters. The molecule has 7 heteroatoms. The molecule has 2 amide bonds. The maximum Gasteiger partial charge on any atom is 0.321 e. The quantitative estimate of drug-likeness (QED) is 0.943. The number of nitrogens with zero attached hydrogens (tertiary/aromatic N) is 3. The first kappa shape index (κ1) is 14.6. The number of carbonyl (C=O) groups is 1. The van der Waals surface area contributed by atoms with Gasteiger partial charge in [-0.25, -0.2) is 14.8 Å². The maximum atomic E-state index is 12.1. The van der Waals surface area contributed by atoms with Gasteiger partial charge in [0.05, 0.1) is 0 Å². The van der Waals surface area contributed by atoms with Gasteiger partial charge in [-0.05, 0) is 30.3 Å². The van der Waals surface area contributed by atoms with E-state index in [1.807, 2.05) is 16.7 Å². The fourth-order valence-electron chi connectivity index (χ4n) is 2.02. The monoisotopic (exact) mass is 316 g/mol. The van der Waals surface area contributed by atoms with Crippen molar-refractivity contribution in [1.82, 2.24) is 14.9 Å². The van der Waals surface area contributed by atoms with Gasteiger partial charge in [0.15, 0.2) is 0 Å². The molecule has 114 valence electrons. The lowest BCUT2D eigenvalue weighted by Crippen LogP contribution is -2.40. The lowest BCUT2D eigenvalue weighted by atomic mass is 10.3. The normalized spacial score (nSPS) is 14.5. The fourth-order valence-corrected chi connectivity index (χ4v) is 2.92. The average Bonchev–Trinajstić information content (AvgIpc) is 2.58. The van der Waals surface area contributed by atoms with E-state index in [2.05, 4.69) is 15.3 Å². The highest BCUT2D eigenvalue weighted by atomic mass is 32.2. The van der Waals surface area contributed by atoms with Crippen LogP contribution in [-0.2, 0) is 0 Å². The van der Waals surface area contributed by atoms with Gasteiger partial charge >= 0.3 is 12.0 Å². The Hall–Kier alpha value is -2.28. The average molecular weight is 316 g/mol. The van der Waals surface area contributed by atoms with Crippen LogP contribution in [0.2, 0.25) is 0 Å². The molecule has 1 saturated heterocycles. The smallest absolute Gasteiger partial charge is 0.321 e. The number of rotatable bonds is 3. The zero-order valence-corrected chi connectivity index (χ0v) is 12.8. The van der Waals surface area contributed by atoms with Crippen LogP contribution >= 0.6 is 11.8 Å². The molecule has 0 aliphatic carbocycles. The van der Waals surface area contributed by atoms with Crippen molar-refractivity contribution in [2.75, 3.05) is 29.9 Å². The van der Waals surface area contributed by atoms with Crippen molar-refractivity contribution in [3.63, 3.8) is 0 Å². The van der Waals surface area contributed by atoms with Crippen LogP contribution < -0.4 is 10.1 Å². The second-order valence-corrected chi connectivity index (χ2v) is 5.91. The lowest BCUT2D eigenvalue weighted by Gasteiger charge is -2.26. The number of amides is 2. The molecule has 1 aliphatic rings. The van der Waals surface area contributed by atoms with Crippen LogP contribution in [-0.4, -0.2) is 45.5 Å². The Bertz CT molecular complexity index is 615. The molecule has 0 saturated carbocycles. The molecule has 6 nitrogen and oxygen atoms in total. The van der Waals surface area contributed by atoms with E-state index in [0.29, 0.717) is 11.8 Å². The molecule has 1 N–H and O–H groups in total. The molecule has 2 heterocycles. The predicted octanol–water partition coefficient (Wildman–Crippen LogP) is 2.85. The second-order valence-electron chi connectivity index (χ2n) is 4.69. The van der Waals surface area contributed by atoms with E-state index >= 15 is 0 Å². The van der Waals surface area contributed by atoms with E-state index in [1.165, 1.54) is 0 Å². The molecule has 1 fully saturated rings. The van der Waals surface area contributed by atoms with E-state index < -0.39 is 0 Å². The minimum atomic E-state index is -0.0552. The van der Waals surface area contributed by atoms with Gasteiger partial charge < -0.3 is 15.0 Å². The van der Waals surface area contributed by atoms with Crippen molar-refractivity contribution in [3.05, 3.63) is 42.7 Å². The zero-order valence-electron chi connectivity index (χ0n) is 11.9. The third-order valence-corrected chi connectivity index (χ3v) is 4.10. The van der Waals surface area contributed by atoms with Crippen molar-refractivity contribution in [1.29, 1.82) is 0 Å². The molecule has 0 radical (unpaired) electrons. The van der Waals surface area contributed by atoms with E-state index in [-0.39, 0.29) is 6.03 Å². The van der Waals surface area contributed by atoms with Gasteiger partial charge in [0.1, 0.15) is 5.75 Å². The van der Waals surface area contributed by atoms with E-state index in [9.17, 15) is 4.79 Å². The summed E-state index contributed by atoms with van der Waals surface area (Å²) in [6.07, 6.45) is 3.24. The highest BCUT2D eigenvalue weighted by Gasteiger charge is 2.16. The van der Waals surface area contributed by atoms with Crippen LogP contribution in [0.5, 0.6) is 11.8 Å². The molecule has 0 spiro atoms. The Labute approximate surface area is 132 Å². The van der Waals surface area contributed by atoms with Crippen LogP contribution in [0.15, 0.2) is 42.7 Å². The van der Waals surface area contributed by atoms with Crippen molar-refractivity contribution < 1.29 is 9.53 Å². The maximum absolute atomic E-state index is 12.1. The molecule has 0 atom stereocenters. The topological polar surface area (TPSA) is 67.3 Å². The second kappa shape index (κ2) is 7.13. The Morgan fingerprint density at radius 3 is 2.50 bits per heavy atom. The molecule has 1 aromatic heterocycles. The summed E-state index contributed by atoms with van der Waals surface area (Å²) in [5.74, 6) is 2.62. The molecule has 3 rings (SSSR count). The van der Waals surface area contributed by atoms with Crippen molar-refractivity contribution in [2.24, 2.45) is 0 Å². The number of ether oxygens (including phenoxy) is 1. The Morgan fingerprint density at radius 2 is 1.82 bits per heavy atom. The molecular weight excluding hydrogens is 300 g/mol. The lowest BCUT2D eigenvalue weighted by molar-refractivity contribution is 0.217. The number of anilines is 1. The number of benzene rings is 1. The van der Waals surface area contributed by atoms with Gasteiger partial charge in [0.2, 0.25) is 0 Å². The number of aromatic nitrogens is 2. The van der Waals surface area contributed by atoms with E-state index in [1.54, 1.807) is 42.7 Å². The summed E-state index contributed by atoms with van der Waals surface area (Å²) in [7, 11) is 0. The van der Waals surface area contributed by atoms with Gasteiger partial charge in [-0.2, -0.15) is 11.8 Å². The summed E-state index contributed by atoms with van der Waals surface area (Å²) in [5, 5.41) is 2.89. The van der Waals surface area contributed by atoms with Gasteiger partial charge in [-0.15, -0.1) is 0 Å². The van der Waals surface area contributed by atoms with Crippen LogP contribution in [0.1, 0.15) is 0 Å². The number of carbonyl (C=O) groups excluding carboxylic acids is 1. The first-order valence-corrected chi connectivity index (χ1v) is 8.15. The molecule has 0 bridgehead atoms. The van der Waals surface area contributed by atoms with E-state index in [0.717, 1.165) is 30.3 Å². The van der Waals surface area contributed by atoms with Crippen LogP contribution in [0, 0.1) is 0 Å². The highest BCUT2D eigenvalue weighted by molar-refractivity contribution is 7.99. The summed E-state index contributed by atoms with van der Waals surface area (Å²) in [4.78, 5) is 21.9. The fraction of sp³-hybridized carbons (Fsp3) is 0.267. The van der Waals surface area contributed by atoms with Crippen LogP contribution in [0.4, 0.5) is 10.5 Å². The predicted molar refractivity (Wildman–Crippen MR) is 86.5 cm³/mol. The molecule has 22 heavy (non-hydrogen) atoms. The number of urea groups is 1. The number of nitrogens with one attached hydrogen (secondary N) is 1. The summed E-state index contributed by atoms with van der Waals surface area (Å²) >= 11 is 1.88. The molecule has 2 aromatic rings. The standard InChI is InChI=1S/C15H16N4O2S/c20-15(19-8-10-22-11-9-19)18-12-2-4-13(5-3-12)21-14-16-6-1-7-17-14/h1-7H,8-11H2,(H,18,20). The highest BCUT2D eigenvalue weighted by Crippen LogP contribution is 2.20. The molecular formula is C15H16N4O2S. The van der Waals surface area contributed by atoms with Crippen LogP contribution in [0.25, 0.3) is 0 Å². The minimum Gasteiger partial charge on any atom is -0.424 e. The van der Waals surface area contributed by atoms with Gasteiger partial charge in [0.25, 0.3) is 0 Å². The number of hydrogen-bond acceptors (Lipinski definition) is 5. The third kappa shape index (κ3) is 3.88. The SMILES string of the molecule is O=C(Nc1ccc(Oc2ncccn2)cc1)N1CCSCC1. The van der Waals surface area contributed by atoms with Crippen molar-refractivity contribution >= 4 is 23.5 Å². The number of thioether (sulfide) groups is 1. The summed E-state index contributed by atoms with van der Waals surface area (Å²) in [6, 6.07) is 9.12. The molecule has 1 aromatic carbocycles. The van der Waals surface area contributed by atoms with Gasteiger partial charge in [-0.3, -0.25) is 0 Å². The Kier molecular flexibility index (Phi) is 4.75. The zero-order chi connectivity index (χ0) is 15.2. The Morgan fingerprint density at radius 1 is 1.14 bits per heavy atom. The number of hydrogen-bond donors (Lipinski definition) is 1. The largest absolute Gasteiger partial charge is 0.424 e. The first-order valence-electron chi connectivity index (χ1n) is 7.00. The molecule has 1 aliphatic heterocycles. The van der Waals surface area contributed by atoms with E-state index in [4.69, 9.17) is 4.74 Å². The minimum absolute atomic E-state index is 0.0552. The summed E-state index contributed by atoms with van der Waals surface area (Å²) in [5.41, 5.74) is 0.740. The first-order chi connectivity index (χ1) is 10.8. The van der Waals surface area contributed by atoms with Crippen molar-refractivity contribution in [2.45, 2.75) is 0 Å². The van der Waals surface area contributed by atoms with Crippen molar-refractivity contribution in [3.8, 4) is 11.8 Å². The van der Waals surface area contributed by atoms with Crippen LogP contribution in [0.3, 0.4) is 0 Å². The van der Waals surface area contributed by atoms with Gasteiger partial charge in [0, 0.05) is 42.7 Å². The third-order valence-electron chi connectivity index (χ3n) is 3.16. The summed E-state index contributed by atoms with van der Waals surface area (Å²) < 4.78 is 5.51. The van der Waals surface area contributed by atoms with Gasteiger partial charge in [-0.1, -0.05) is 0 Å². The Balaban J connectivity index is 1.58. The summed E-state index contributed by atoms with van der Waals surface area (Å²) in [6.45, 7) is 1.59.